The van der Waals surface area contributed by atoms with Crippen molar-refractivity contribution >= 4 is 28.5 Å². The Morgan fingerprint density at radius 1 is 1.35 bits per heavy atom. The minimum absolute atomic E-state index is 0.137. The molecule has 0 spiro atoms. The summed E-state index contributed by atoms with van der Waals surface area (Å²) in [5, 5.41) is 4.13. The number of thiophene rings is 1. The largest absolute Gasteiger partial charge is 0.472 e. The minimum atomic E-state index is -0.698. The van der Waals surface area contributed by atoms with E-state index in [1.807, 2.05) is 30.6 Å². The van der Waals surface area contributed by atoms with Gasteiger partial charge in [-0.3, -0.25) is 9.79 Å². The van der Waals surface area contributed by atoms with E-state index >= 15 is 0 Å². The highest BCUT2D eigenvalue weighted by atomic mass is 32.1. The van der Waals surface area contributed by atoms with Crippen molar-refractivity contribution in [1.29, 1.82) is 0 Å². The zero-order valence-corrected chi connectivity index (χ0v) is 15.1. The fourth-order valence-corrected chi connectivity index (χ4v) is 3.97. The number of nitrogens with two attached hydrogens (primary N) is 1. The summed E-state index contributed by atoms with van der Waals surface area (Å²) in [6.07, 6.45) is 2.92. The van der Waals surface area contributed by atoms with Gasteiger partial charge in [-0.15, -0.1) is 0 Å². The number of furan rings is 1. The number of benzene rings is 1. The smallest absolute Gasteiger partial charge is 0.184 e. The molecule has 132 valence electrons. The van der Waals surface area contributed by atoms with E-state index < -0.39 is 6.04 Å². The Morgan fingerprint density at radius 3 is 2.92 bits per heavy atom. The number of Topliss-reactive ketones (excluding diaryl/α,β-unsaturated/α-hetero) is 1. The van der Waals surface area contributed by atoms with Crippen molar-refractivity contribution in [3.8, 4) is 0 Å². The third kappa shape index (κ3) is 2.87. The van der Waals surface area contributed by atoms with Crippen LogP contribution >= 0.6 is 11.3 Å². The predicted octanol–water partition coefficient (Wildman–Crippen LogP) is 3.21. The van der Waals surface area contributed by atoms with Gasteiger partial charge in [-0.1, -0.05) is 18.2 Å². The fraction of sp³-hybridized carbons (Fsp3) is 0.200. The molecule has 0 aliphatic carbocycles. The lowest BCUT2D eigenvalue weighted by molar-refractivity contribution is 0.0949. The molecule has 1 aliphatic rings. The molecule has 0 bridgehead atoms. The molecule has 0 saturated heterocycles. The molecule has 2 atom stereocenters. The molecular weight excluding hydrogens is 346 g/mol. The molecule has 1 aromatic carbocycles. The van der Waals surface area contributed by atoms with Crippen LogP contribution in [0.3, 0.4) is 0 Å². The van der Waals surface area contributed by atoms with Crippen LogP contribution in [0.1, 0.15) is 21.5 Å². The van der Waals surface area contributed by atoms with E-state index in [0.29, 0.717) is 12.1 Å². The summed E-state index contributed by atoms with van der Waals surface area (Å²) in [5.41, 5.74) is 11.0. The van der Waals surface area contributed by atoms with Crippen LogP contribution in [0.25, 0.3) is 0 Å². The van der Waals surface area contributed by atoms with Gasteiger partial charge in [-0.25, -0.2) is 0 Å². The number of anilines is 1. The lowest BCUT2D eigenvalue weighted by atomic mass is 9.98. The normalized spacial score (nSPS) is 18.0. The van der Waals surface area contributed by atoms with E-state index in [4.69, 9.17) is 15.1 Å². The second-order valence-corrected chi connectivity index (χ2v) is 7.08. The number of ketones is 1. The average Bonchev–Trinajstić information content (AvgIpc) is 3.36. The fourth-order valence-electron chi connectivity index (χ4n) is 3.32. The van der Waals surface area contributed by atoms with Crippen molar-refractivity contribution < 1.29 is 9.21 Å². The van der Waals surface area contributed by atoms with Crippen molar-refractivity contribution in [3.05, 3.63) is 76.4 Å². The van der Waals surface area contributed by atoms with Crippen LogP contribution in [0, 0.1) is 0 Å². The van der Waals surface area contributed by atoms with E-state index in [1.165, 1.54) is 12.5 Å². The number of nitrogens with zero attached hydrogens (tertiary/aromatic N) is 2. The highest BCUT2D eigenvalue weighted by Gasteiger charge is 2.32. The Balaban J connectivity index is 1.74. The van der Waals surface area contributed by atoms with Crippen LogP contribution in [0.4, 0.5) is 5.69 Å². The number of carbonyl (C=O) groups excluding carboxylic acids is 1. The Kier molecular flexibility index (Phi) is 4.44. The van der Waals surface area contributed by atoms with E-state index in [0.717, 1.165) is 22.5 Å². The maximum Gasteiger partial charge on any atom is 0.184 e. The number of carbonyl (C=O) groups is 1. The zero-order valence-electron chi connectivity index (χ0n) is 14.3. The van der Waals surface area contributed by atoms with Gasteiger partial charge in [0.05, 0.1) is 36.2 Å². The average molecular weight is 365 g/mol. The van der Waals surface area contributed by atoms with Gasteiger partial charge >= 0.3 is 0 Å². The number of fused-ring (bicyclic) bond motifs is 1. The summed E-state index contributed by atoms with van der Waals surface area (Å²) >= 11 is 1.64. The standard InChI is InChI=1S/C20H19N3O2S/c1-23-16-5-3-2-4-15(16)19(14-7-9-26-12-14)22-10-17(23)18(21)20(24)13-6-8-25-11-13/h2-9,11-12,17-18H,10,21H2,1H3. The van der Waals surface area contributed by atoms with Crippen molar-refractivity contribution in [3.63, 3.8) is 0 Å². The maximum absolute atomic E-state index is 12.7. The van der Waals surface area contributed by atoms with Gasteiger partial charge in [0, 0.05) is 29.2 Å². The number of benzodiazepines with no additional fused rings is 1. The van der Waals surface area contributed by atoms with Crippen LogP contribution in [-0.2, 0) is 0 Å². The molecule has 2 aromatic heterocycles. The van der Waals surface area contributed by atoms with Crippen LogP contribution in [-0.4, -0.2) is 37.2 Å². The van der Waals surface area contributed by atoms with Gasteiger partial charge in [0.15, 0.2) is 5.78 Å². The lowest BCUT2D eigenvalue weighted by Crippen LogP contribution is -2.52. The van der Waals surface area contributed by atoms with Crippen molar-refractivity contribution in [2.75, 3.05) is 18.5 Å². The van der Waals surface area contributed by atoms with Gasteiger partial charge in [0.25, 0.3) is 0 Å². The first-order valence-corrected chi connectivity index (χ1v) is 9.32. The molecule has 2 unspecified atom stereocenters. The van der Waals surface area contributed by atoms with Gasteiger partial charge in [-0.2, -0.15) is 11.3 Å². The SMILES string of the molecule is CN1c2ccccc2C(c2ccsc2)=NCC1C(N)C(=O)c1ccoc1. The molecule has 0 radical (unpaired) electrons. The van der Waals surface area contributed by atoms with Crippen molar-refractivity contribution in [2.24, 2.45) is 10.7 Å². The molecule has 4 rings (SSSR count). The van der Waals surface area contributed by atoms with Gasteiger partial charge < -0.3 is 15.1 Å². The molecule has 5 nitrogen and oxygen atoms in total. The summed E-state index contributed by atoms with van der Waals surface area (Å²) in [7, 11) is 1.97. The molecular formula is C20H19N3O2S. The summed E-state index contributed by atoms with van der Waals surface area (Å²) in [6, 6.07) is 10.9. The van der Waals surface area contributed by atoms with E-state index in [9.17, 15) is 4.79 Å². The quantitative estimate of drug-likeness (QED) is 0.721. The first kappa shape index (κ1) is 16.8. The van der Waals surface area contributed by atoms with Crippen molar-refractivity contribution in [2.45, 2.75) is 12.1 Å². The Bertz CT molecular complexity index is 932. The predicted molar refractivity (Wildman–Crippen MR) is 104 cm³/mol. The van der Waals surface area contributed by atoms with Gasteiger partial charge in [0.1, 0.15) is 6.26 Å². The molecule has 2 N–H and O–H groups in total. The molecule has 3 aromatic rings. The molecule has 26 heavy (non-hydrogen) atoms. The Labute approximate surface area is 155 Å². The summed E-state index contributed by atoms with van der Waals surface area (Å²) < 4.78 is 5.03. The molecule has 6 heteroatoms. The number of hydrogen-bond donors (Lipinski definition) is 1. The third-order valence-corrected chi connectivity index (χ3v) is 5.47. The summed E-state index contributed by atoms with van der Waals surface area (Å²) in [5.74, 6) is -0.137. The lowest BCUT2D eigenvalue weighted by Gasteiger charge is -2.32. The molecule has 1 aliphatic heterocycles. The minimum Gasteiger partial charge on any atom is -0.472 e. The highest BCUT2D eigenvalue weighted by molar-refractivity contribution is 7.08. The van der Waals surface area contributed by atoms with E-state index in [1.54, 1.807) is 17.4 Å². The topological polar surface area (TPSA) is 71.8 Å². The Morgan fingerprint density at radius 2 is 2.19 bits per heavy atom. The number of para-hydroxylation sites is 1. The maximum atomic E-state index is 12.7. The van der Waals surface area contributed by atoms with Crippen LogP contribution < -0.4 is 10.6 Å². The van der Waals surface area contributed by atoms with Crippen LogP contribution in [0.15, 0.2) is 69.1 Å². The Hall–Kier alpha value is -2.70. The molecule has 0 saturated carbocycles. The molecule has 0 fully saturated rings. The van der Waals surface area contributed by atoms with E-state index in [-0.39, 0.29) is 11.8 Å². The zero-order chi connectivity index (χ0) is 18.1. The third-order valence-electron chi connectivity index (χ3n) is 4.79. The second-order valence-electron chi connectivity index (χ2n) is 6.30. The van der Waals surface area contributed by atoms with E-state index in [2.05, 4.69) is 22.4 Å². The summed E-state index contributed by atoms with van der Waals surface area (Å²) in [6.45, 7) is 0.446. The number of likely N-dealkylation sites (N-methyl/N-ethyl adjacent to an activating group) is 1. The first-order valence-electron chi connectivity index (χ1n) is 8.38. The molecule has 3 heterocycles. The number of hydrogen-bond acceptors (Lipinski definition) is 6. The van der Waals surface area contributed by atoms with Gasteiger partial charge in [0.2, 0.25) is 0 Å². The van der Waals surface area contributed by atoms with Gasteiger partial charge in [-0.05, 0) is 23.6 Å². The number of aliphatic imine (C=N–C) groups is 1. The van der Waals surface area contributed by atoms with Crippen LogP contribution in [0.5, 0.6) is 0 Å². The number of rotatable bonds is 4. The molecule has 0 amide bonds. The first-order chi connectivity index (χ1) is 12.7. The van der Waals surface area contributed by atoms with Crippen LogP contribution in [0.2, 0.25) is 0 Å². The second kappa shape index (κ2) is 6.90. The monoisotopic (exact) mass is 365 g/mol. The highest BCUT2D eigenvalue weighted by Crippen LogP contribution is 2.29. The van der Waals surface area contributed by atoms with Crippen molar-refractivity contribution in [1.82, 2.24) is 0 Å². The summed E-state index contributed by atoms with van der Waals surface area (Å²) in [4.78, 5) is 19.6.